The number of hydrogen-bond donors (Lipinski definition) is 1. The number of benzene rings is 1. The number of sulfonamides is 1. The molecule has 23 heavy (non-hydrogen) atoms. The standard InChI is InChI=1S/C14H16FN3O4S/c1-10-3-6-14(19)18(17-10)8-7-16-23(20,21)11-4-5-13(22-2)12(15)9-11/h3-6,9,16H,7-8H2,1-2H3. The summed E-state index contributed by atoms with van der Waals surface area (Å²) in [6, 6.07) is 6.27. The van der Waals surface area contributed by atoms with Gasteiger partial charge in [0, 0.05) is 12.6 Å². The van der Waals surface area contributed by atoms with Crippen molar-refractivity contribution in [3.8, 4) is 5.75 Å². The number of methoxy groups -OCH3 is 1. The predicted molar refractivity (Wildman–Crippen MR) is 81.4 cm³/mol. The molecule has 0 bridgehead atoms. The van der Waals surface area contributed by atoms with Crippen LogP contribution in [0.5, 0.6) is 5.75 Å². The number of aromatic nitrogens is 2. The molecule has 7 nitrogen and oxygen atoms in total. The Morgan fingerprint density at radius 2 is 2.04 bits per heavy atom. The van der Waals surface area contributed by atoms with Crippen LogP contribution in [0.2, 0.25) is 0 Å². The maximum Gasteiger partial charge on any atom is 0.266 e. The van der Waals surface area contributed by atoms with Gasteiger partial charge in [0.25, 0.3) is 5.56 Å². The van der Waals surface area contributed by atoms with E-state index in [0.717, 1.165) is 10.7 Å². The molecule has 0 radical (unpaired) electrons. The molecule has 2 aromatic rings. The summed E-state index contributed by atoms with van der Waals surface area (Å²) in [6.45, 7) is 1.74. The minimum absolute atomic E-state index is 0.0422. The first-order chi connectivity index (χ1) is 10.8. The van der Waals surface area contributed by atoms with Crippen molar-refractivity contribution in [1.82, 2.24) is 14.5 Å². The van der Waals surface area contributed by atoms with Crippen LogP contribution >= 0.6 is 0 Å². The van der Waals surface area contributed by atoms with Gasteiger partial charge in [-0.1, -0.05) is 0 Å². The fraction of sp³-hybridized carbons (Fsp3) is 0.286. The number of aryl methyl sites for hydroxylation is 1. The molecule has 9 heteroatoms. The van der Waals surface area contributed by atoms with Gasteiger partial charge >= 0.3 is 0 Å². The van der Waals surface area contributed by atoms with E-state index < -0.39 is 15.8 Å². The number of nitrogens with one attached hydrogen (secondary N) is 1. The summed E-state index contributed by atoms with van der Waals surface area (Å²) in [7, 11) is -2.60. The van der Waals surface area contributed by atoms with Gasteiger partial charge < -0.3 is 4.74 Å². The molecule has 0 aliphatic heterocycles. The topological polar surface area (TPSA) is 90.3 Å². The summed E-state index contributed by atoms with van der Waals surface area (Å²) in [4.78, 5) is 11.3. The third kappa shape index (κ3) is 4.14. The Morgan fingerprint density at radius 1 is 1.30 bits per heavy atom. The summed E-state index contributed by atoms with van der Waals surface area (Å²) in [5.41, 5.74) is 0.315. The average Bonchev–Trinajstić information content (AvgIpc) is 2.50. The predicted octanol–water partition coefficient (Wildman–Crippen LogP) is 0.678. The van der Waals surface area contributed by atoms with Gasteiger partial charge in [0.15, 0.2) is 11.6 Å². The van der Waals surface area contributed by atoms with E-state index in [1.807, 2.05) is 0 Å². The van der Waals surface area contributed by atoms with Crippen LogP contribution in [0.1, 0.15) is 5.69 Å². The van der Waals surface area contributed by atoms with Gasteiger partial charge in [-0.05, 0) is 31.2 Å². The molecule has 1 aromatic carbocycles. The molecule has 0 unspecified atom stereocenters. The van der Waals surface area contributed by atoms with E-state index in [1.54, 1.807) is 13.0 Å². The van der Waals surface area contributed by atoms with E-state index in [-0.39, 0.29) is 29.3 Å². The van der Waals surface area contributed by atoms with Gasteiger partial charge in [-0.2, -0.15) is 5.10 Å². The van der Waals surface area contributed by atoms with E-state index in [9.17, 15) is 17.6 Å². The first kappa shape index (κ1) is 17.1. The zero-order chi connectivity index (χ0) is 17.0. The fourth-order valence-corrected chi connectivity index (χ4v) is 2.93. The van der Waals surface area contributed by atoms with E-state index in [0.29, 0.717) is 5.69 Å². The Kier molecular flexibility index (Phi) is 5.12. The molecular weight excluding hydrogens is 325 g/mol. The highest BCUT2D eigenvalue weighted by molar-refractivity contribution is 7.89. The quantitative estimate of drug-likeness (QED) is 0.834. The Morgan fingerprint density at radius 3 is 2.70 bits per heavy atom. The third-order valence-corrected chi connectivity index (χ3v) is 4.51. The molecule has 0 atom stereocenters. The third-order valence-electron chi connectivity index (χ3n) is 3.05. The lowest BCUT2D eigenvalue weighted by molar-refractivity contribution is 0.385. The number of nitrogens with zero attached hydrogens (tertiary/aromatic N) is 2. The lowest BCUT2D eigenvalue weighted by Crippen LogP contribution is -2.32. The lowest BCUT2D eigenvalue weighted by Gasteiger charge is -2.09. The summed E-state index contributed by atoms with van der Waals surface area (Å²) < 4.78 is 46.0. The fourth-order valence-electron chi connectivity index (χ4n) is 1.89. The Bertz CT molecular complexity index is 865. The van der Waals surface area contributed by atoms with E-state index in [1.165, 1.54) is 25.3 Å². The van der Waals surface area contributed by atoms with Crippen molar-refractivity contribution in [2.45, 2.75) is 18.4 Å². The van der Waals surface area contributed by atoms with Crippen LogP contribution in [0, 0.1) is 12.7 Å². The summed E-state index contributed by atoms with van der Waals surface area (Å²) in [5.74, 6) is -0.814. The number of halogens is 1. The highest BCUT2D eigenvalue weighted by Gasteiger charge is 2.16. The molecule has 0 saturated heterocycles. The minimum Gasteiger partial charge on any atom is -0.494 e. The number of hydrogen-bond acceptors (Lipinski definition) is 5. The van der Waals surface area contributed by atoms with Crippen LogP contribution in [0.3, 0.4) is 0 Å². The molecule has 0 spiro atoms. The molecule has 0 amide bonds. The normalized spacial score (nSPS) is 11.4. The smallest absolute Gasteiger partial charge is 0.266 e. The van der Waals surface area contributed by atoms with Gasteiger partial charge in [-0.25, -0.2) is 22.2 Å². The molecule has 0 saturated carbocycles. The van der Waals surface area contributed by atoms with Crippen LogP contribution < -0.4 is 15.0 Å². The van der Waals surface area contributed by atoms with Crippen molar-refractivity contribution in [3.63, 3.8) is 0 Å². The monoisotopic (exact) mass is 341 g/mol. The second-order valence-electron chi connectivity index (χ2n) is 4.73. The van der Waals surface area contributed by atoms with Crippen molar-refractivity contribution >= 4 is 10.0 Å². The highest BCUT2D eigenvalue weighted by atomic mass is 32.2. The van der Waals surface area contributed by atoms with E-state index in [2.05, 4.69) is 9.82 Å². The second kappa shape index (κ2) is 6.88. The van der Waals surface area contributed by atoms with Crippen molar-refractivity contribution in [1.29, 1.82) is 0 Å². The molecule has 0 aliphatic carbocycles. The molecule has 0 fully saturated rings. The summed E-state index contributed by atoms with van der Waals surface area (Å²) in [6.07, 6.45) is 0. The van der Waals surface area contributed by atoms with Crippen LogP contribution in [-0.4, -0.2) is 31.9 Å². The van der Waals surface area contributed by atoms with Crippen molar-refractivity contribution in [3.05, 3.63) is 52.2 Å². The van der Waals surface area contributed by atoms with Crippen molar-refractivity contribution < 1.29 is 17.5 Å². The van der Waals surface area contributed by atoms with Gasteiger partial charge in [0.2, 0.25) is 10.0 Å². The Labute approximate surface area is 132 Å². The SMILES string of the molecule is COc1ccc(S(=O)(=O)NCCn2nc(C)ccc2=O)cc1F. The maximum absolute atomic E-state index is 13.6. The van der Waals surface area contributed by atoms with Gasteiger partial charge in [-0.3, -0.25) is 4.79 Å². The van der Waals surface area contributed by atoms with Crippen LogP contribution in [0.25, 0.3) is 0 Å². The summed E-state index contributed by atoms with van der Waals surface area (Å²) >= 11 is 0. The van der Waals surface area contributed by atoms with Crippen molar-refractivity contribution in [2.24, 2.45) is 0 Å². The van der Waals surface area contributed by atoms with E-state index in [4.69, 9.17) is 4.74 Å². The molecular formula is C14H16FN3O4S. The average molecular weight is 341 g/mol. The molecule has 1 heterocycles. The molecule has 2 rings (SSSR count). The highest BCUT2D eigenvalue weighted by Crippen LogP contribution is 2.20. The second-order valence-corrected chi connectivity index (χ2v) is 6.50. The molecule has 1 aromatic heterocycles. The minimum atomic E-state index is -3.89. The molecule has 124 valence electrons. The zero-order valence-electron chi connectivity index (χ0n) is 12.6. The Balaban J connectivity index is 2.08. The van der Waals surface area contributed by atoms with E-state index >= 15 is 0 Å². The largest absolute Gasteiger partial charge is 0.494 e. The van der Waals surface area contributed by atoms with Gasteiger partial charge in [0.05, 0.1) is 24.2 Å². The van der Waals surface area contributed by atoms with Crippen LogP contribution in [0.4, 0.5) is 4.39 Å². The maximum atomic E-state index is 13.6. The van der Waals surface area contributed by atoms with Crippen LogP contribution in [0.15, 0.2) is 40.0 Å². The van der Waals surface area contributed by atoms with Gasteiger partial charge in [0.1, 0.15) is 0 Å². The van der Waals surface area contributed by atoms with Crippen LogP contribution in [-0.2, 0) is 16.6 Å². The molecule has 1 N–H and O–H groups in total. The first-order valence-corrected chi connectivity index (χ1v) is 8.20. The molecule has 0 aliphatic rings. The number of rotatable bonds is 6. The lowest BCUT2D eigenvalue weighted by atomic mass is 10.3. The zero-order valence-corrected chi connectivity index (χ0v) is 13.4. The van der Waals surface area contributed by atoms with Gasteiger partial charge in [-0.15, -0.1) is 0 Å². The summed E-state index contributed by atoms with van der Waals surface area (Å²) in [5, 5.41) is 3.99. The van der Waals surface area contributed by atoms with Crippen molar-refractivity contribution in [2.75, 3.05) is 13.7 Å². The first-order valence-electron chi connectivity index (χ1n) is 6.71. The Hall–Kier alpha value is -2.26. The number of ether oxygens (including phenoxy) is 1.